The molecule has 0 atom stereocenters. The number of hydrogen-bond acceptors (Lipinski definition) is 4. The van der Waals surface area contributed by atoms with Gasteiger partial charge in [-0.3, -0.25) is 0 Å². The molecule has 5 heteroatoms. The van der Waals surface area contributed by atoms with Gasteiger partial charge in [0.25, 0.3) is 0 Å². The average molecular weight is 296 g/mol. The van der Waals surface area contributed by atoms with Crippen LogP contribution in [0.15, 0.2) is 30.3 Å². The molecule has 0 amide bonds. The summed E-state index contributed by atoms with van der Waals surface area (Å²) in [6.45, 7) is 2.80. The molecule has 1 N–H and O–H groups in total. The number of nitrogens with one attached hydrogen (secondary N) is 1. The average Bonchev–Trinajstić information content (AvgIpc) is 2.83. The third-order valence-corrected chi connectivity index (χ3v) is 3.96. The van der Waals surface area contributed by atoms with Crippen molar-refractivity contribution in [2.75, 3.05) is 12.4 Å². The van der Waals surface area contributed by atoms with E-state index in [1.54, 1.807) is 23.5 Å². The lowest BCUT2D eigenvalue weighted by Crippen LogP contribution is -2.04. The van der Waals surface area contributed by atoms with Crippen molar-refractivity contribution in [3.05, 3.63) is 50.7 Å². The third-order valence-electron chi connectivity index (χ3n) is 2.63. The van der Waals surface area contributed by atoms with E-state index in [2.05, 4.69) is 29.1 Å². The van der Waals surface area contributed by atoms with Crippen LogP contribution in [0.25, 0.3) is 0 Å². The number of methoxy groups -OCH3 is 1. The van der Waals surface area contributed by atoms with E-state index in [1.807, 2.05) is 6.07 Å². The van der Waals surface area contributed by atoms with Gasteiger partial charge in [0.1, 0.15) is 0 Å². The van der Waals surface area contributed by atoms with Crippen molar-refractivity contribution in [1.29, 1.82) is 0 Å². The Bertz CT molecular complexity index is 595. The standard InChI is InChI=1S/C14H14ClNO2S/c1-9-3-5-11(19-9)8-16-10-4-6-13(15)12(7-10)14(17)18-2/h3-7,16H,8H2,1-2H3. The zero-order valence-corrected chi connectivity index (χ0v) is 12.3. The molecule has 1 aromatic heterocycles. The van der Waals surface area contributed by atoms with E-state index in [4.69, 9.17) is 11.6 Å². The molecule has 0 spiro atoms. The maximum Gasteiger partial charge on any atom is 0.339 e. The van der Waals surface area contributed by atoms with E-state index in [0.717, 1.165) is 12.2 Å². The van der Waals surface area contributed by atoms with Gasteiger partial charge in [-0.25, -0.2) is 4.79 Å². The zero-order valence-electron chi connectivity index (χ0n) is 10.7. The van der Waals surface area contributed by atoms with Crippen molar-refractivity contribution in [3.8, 4) is 0 Å². The van der Waals surface area contributed by atoms with Crippen molar-refractivity contribution in [3.63, 3.8) is 0 Å². The Labute approximate surface area is 121 Å². The first-order valence-corrected chi connectivity index (χ1v) is 6.96. The summed E-state index contributed by atoms with van der Waals surface area (Å²) in [6.07, 6.45) is 0. The molecule has 0 radical (unpaired) electrons. The molecule has 0 fully saturated rings. The van der Waals surface area contributed by atoms with E-state index in [9.17, 15) is 4.79 Å². The van der Waals surface area contributed by atoms with Crippen LogP contribution in [0, 0.1) is 6.92 Å². The second-order valence-corrected chi connectivity index (χ2v) is 5.83. The van der Waals surface area contributed by atoms with Crippen molar-refractivity contribution >= 4 is 34.6 Å². The lowest BCUT2D eigenvalue weighted by molar-refractivity contribution is 0.0601. The first-order chi connectivity index (χ1) is 9.10. The van der Waals surface area contributed by atoms with Crippen LogP contribution in [0.4, 0.5) is 5.69 Å². The van der Waals surface area contributed by atoms with E-state index in [1.165, 1.54) is 16.9 Å². The Morgan fingerprint density at radius 2 is 2.16 bits per heavy atom. The fourth-order valence-electron chi connectivity index (χ4n) is 1.67. The first-order valence-electron chi connectivity index (χ1n) is 5.77. The number of carbonyl (C=O) groups excluding carboxylic acids is 1. The molecule has 1 aromatic carbocycles. The Morgan fingerprint density at radius 3 is 2.79 bits per heavy atom. The summed E-state index contributed by atoms with van der Waals surface area (Å²) in [5.74, 6) is -0.430. The Morgan fingerprint density at radius 1 is 1.37 bits per heavy atom. The molecule has 0 bridgehead atoms. The lowest BCUT2D eigenvalue weighted by atomic mass is 10.2. The van der Waals surface area contributed by atoms with Gasteiger partial charge in [0.05, 0.1) is 17.7 Å². The van der Waals surface area contributed by atoms with Crippen LogP contribution in [-0.4, -0.2) is 13.1 Å². The molecule has 2 aromatic rings. The quantitative estimate of drug-likeness (QED) is 0.863. The lowest BCUT2D eigenvalue weighted by Gasteiger charge is -2.08. The highest BCUT2D eigenvalue weighted by molar-refractivity contribution is 7.11. The minimum absolute atomic E-state index is 0.372. The summed E-state index contributed by atoms with van der Waals surface area (Å²) in [6, 6.07) is 9.41. The SMILES string of the molecule is COC(=O)c1cc(NCc2ccc(C)s2)ccc1Cl. The predicted octanol–water partition coefficient (Wildman–Crippen LogP) is 4.11. The number of aryl methyl sites for hydroxylation is 1. The van der Waals surface area contributed by atoms with E-state index in [0.29, 0.717) is 10.6 Å². The van der Waals surface area contributed by atoms with Gasteiger partial charge in [-0.15, -0.1) is 11.3 Å². The maximum absolute atomic E-state index is 11.5. The summed E-state index contributed by atoms with van der Waals surface area (Å²) in [7, 11) is 1.34. The fraction of sp³-hybridized carbons (Fsp3) is 0.214. The number of halogens is 1. The molecule has 0 saturated heterocycles. The van der Waals surface area contributed by atoms with Crippen molar-refractivity contribution < 1.29 is 9.53 Å². The summed E-state index contributed by atoms with van der Waals surface area (Å²) >= 11 is 7.71. The molecule has 2 rings (SSSR count). The topological polar surface area (TPSA) is 38.3 Å². The molecule has 0 aliphatic rings. The molecule has 100 valence electrons. The minimum Gasteiger partial charge on any atom is -0.465 e. The highest BCUT2D eigenvalue weighted by Gasteiger charge is 2.11. The number of hydrogen-bond donors (Lipinski definition) is 1. The van der Waals surface area contributed by atoms with Gasteiger partial charge in [0.15, 0.2) is 0 Å². The van der Waals surface area contributed by atoms with E-state index < -0.39 is 5.97 Å². The smallest absolute Gasteiger partial charge is 0.339 e. The largest absolute Gasteiger partial charge is 0.465 e. The van der Waals surface area contributed by atoms with Crippen molar-refractivity contribution in [2.45, 2.75) is 13.5 Å². The second-order valence-electron chi connectivity index (χ2n) is 4.05. The number of carbonyl (C=O) groups is 1. The minimum atomic E-state index is -0.430. The highest BCUT2D eigenvalue weighted by Crippen LogP contribution is 2.23. The third kappa shape index (κ3) is 3.49. The molecular formula is C14H14ClNO2S. The van der Waals surface area contributed by atoms with Crippen LogP contribution < -0.4 is 5.32 Å². The molecule has 19 heavy (non-hydrogen) atoms. The molecule has 1 heterocycles. The van der Waals surface area contributed by atoms with Crippen molar-refractivity contribution in [1.82, 2.24) is 0 Å². The number of benzene rings is 1. The normalized spacial score (nSPS) is 10.3. The van der Waals surface area contributed by atoms with E-state index in [-0.39, 0.29) is 0 Å². The summed E-state index contributed by atoms with van der Waals surface area (Å²) < 4.78 is 4.69. The number of thiophene rings is 1. The predicted molar refractivity (Wildman–Crippen MR) is 79.2 cm³/mol. The molecule has 0 unspecified atom stereocenters. The van der Waals surface area contributed by atoms with Gasteiger partial charge in [0, 0.05) is 22.0 Å². The van der Waals surface area contributed by atoms with Crippen LogP contribution in [0.1, 0.15) is 20.1 Å². The van der Waals surface area contributed by atoms with Gasteiger partial charge < -0.3 is 10.1 Å². The van der Waals surface area contributed by atoms with Crippen LogP contribution in [-0.2, 0) is 11.3 Å². The number of anilines is 1. The van der Waals surface area contributed by atoms with Crippen LogP contribution >= 0.6 is 22.9 Å². The van der Waals surface area contributed by atoms with Gasteiger partial charge in [-0.05, 0) is 37.3 Å². The van der Waals surface area contributed by atoms with Crippen LogP contribution in [0.3, 0.4) is 0 Å². The second kappa shape index (κ2) is 6.08. The molecule has 0 saturated carbocycles. The molecule has 0 aliphatic heterocycles. The Hall–Kier alpha value is -1.52. The van der Waals surface area contributed by atoms with Gasteiger partial charge in [-0.1, -0.05) is 11.6 Å². The first kappa shape index (κ1) is 13.9. The molecule has 3 nitrogen and oxygen atoms in total. The number of rotatable bonds is 4. The summed E-state index contributed by atoms with van der Waals surface area (Å²) in [5.41, 5.74) is 1.22. The Balaban J connectivity index is 2.10. The summed E-state index contributed by atoms with van der Waals surface area (Å²) in [4.78, 5) is 14.1. The fourth-order valence-corrected chi connectivity index (χ4v) is 2.70. The van der Waals surface area contributed by atoms with Gasteiger partial charge >= 0.3 is 5.97 Å². The van der Waals surface area contributed by atoms with Gasteiger partial charge in [0.2, 0.25) is 0 Å². The van der Waals surface area contributed by atoms with Gasteiger partial charge in [-0.2, -0.15) is 0 Å². The van der Waals surface area contributed by atoms with Crippen molar-refractivity contribution in [2.24, 2.45) is 0 Å². The Kier molecular flexibility index (Phi) is 4.45. The maximum atomic E-state index is 11.5. The zero-order chi connectivity index (χ0) is 13.8. The highest BCUT2D eigenvalue weighted by atomic mass is 35.5. The van der Waals surface area contributed by atoms with E-state index >= 15 is 0 Å². The number of esters is 1. The van der Waals surface area contributed by atoms with Crippen LogP contribution in [0.2, 0.25) is 5.02 Å². The monoisotopic (exact) mass is 295 g/mol. The number of ether oxygens (including phenoxy) is 1. The summed E-state index contributed by atoms with van der Waals surface area (Å²) in [5, 5.41) is 3.66. The molecular weight excluding hydrogens is 282 g/mol. The molecule has 0 aliphatic carbocycles. The van der Waals surface area contributed by atoms with Crippen LogP contribution in [0.5, 0.6) is 0 Å².